The topological polar surface area (TPSA) is 38.9 Å². The molecule has 0 amide bonds. The number of rotatable bonds is 2. The summed E-state index contributed by atoms with van der Waals surface area (Å²) in [5, 5.41) is 4.17. The van der Waals surface area contributed by atoms with Crippen molar-refractivity contribution in [2.24, 2.45) is 5.73 Å². The van der Waals surface area contributed by atoms with Crippen molar-refractivity contribution in [1.29, 1.82) is 0 Å². The van der Waals surface area contributed by atoms with Gasteiger partial charge < -0.3 is 5.73 Å². The molecule has 0 aliphatic heterocycles. The standard InChI is InChI=1S/C14H13ClN2S/c15-10-3-1-9(2-4-10)11-5-18-12(17-11)13-6-14(16,7-13)8-13/h1-5H,6-8,16H2. The van der Waals surface area contributed by atoms with Crippen molar-refractivity contribution in [2.45, 2.75) is 30.2 Å². The third-order valence-corrected chi connectivity index (χ3v) is 5.51. The summed E-state index contributed by atoms with van der Waals surface area (Å²) in [6.45, 7) is 0. The third kappa shape index (κ3) is 1.41. The molecule has 1 aromatic carbocycles. The van der Waals surface area contributed by atoms with Crippen LogP contribution in [0.5, 0.6) is 0 Å². The molecule has 1 aromatic heterocycles. The van der Waals surface area contributed by atoms with Gasteiger partial charge in [-0.1, -0.05) is 23.7 Å². The maximum atomic E-state index is 6.11. The highest BCUT2D eigenvalue weighted by Gasteiger charge is 2.67. The van der Waals surface area contributed by atoms with E-state index in [1.165, 1.54) is 5.01 Å². The predicted octanol–water partition coefficient (Wildman–Crippen LogP) is 3.60. The van der Waals surface area contributed by atoms with E-state index in [2.05, 4.69) is 5.38 Å². The fraction of sp³-hybridized carbons (Fsp3) is 0.357. The Bertz CT molecular complexity index is 597. The Kier molecular flexibility index (Phi) is 2.04. The fourth-order valence-corrected chi connectivity index (χ4v) is 4.52. The minimum atomic E-state index is 0.145. The molecule has 0 saturated heterocycles. The number of benzene rings is 1. The van der Waals surface area contributed by atoms with Gasteiger partial charge in [0.25, 0.3) is 0 Å². The van der Waals surface area contributed by atoms with E-state index in [1.54, 1.807) is 11.3 Å². The van der Waals surface area contributed by atoms with E-state index in [9.17, 15) is 0 Å². The lowest BCUT2D eigenvalue weighted by molar-refractivity contribution is -0.0590. The van der Waals surface area contributed by atoms with Crippen LogP contribution in [0.3, 0.4) is 0 Å². The second kappa shape index (κ2) is 3.35. The van der Waals surface area contributed by atoms with E-state index in [4.69, 9.17) is 22.3 Å². The molecule has 2 aromatic rings. The third-order valence-electron chi connectivity index (χ3n) is 4.17. The molecule has 1 heterocycles. The van der Waals surface area contributed by atoms with E-state index in [0.29, 0.717) is 5.41 Å². The zero-order valence-electron chi connectivity index (χ0n) is 9.82. The first-order chi connectivity index (χ1) is 8.59. The molecular formula is C14H13ClN2S. The van der Waals surface area contributed by atoms with Crippen LogP contribution in [0, 0.1) is 0 Å². The summed E-state index contributed by atoms with van der Waals surface area (Å²) < 4.78 is 0. The molecule has 0 spiro atoms. The molecule has 0 radical (unpaired) electrons. The lowest BCUT2D eigenvalue weighted by atomic mass is 9.40. The highest BCUT2D eigenvalue weighted by molar-refractivity contribution is 7.10. The molecule has 0 unspecified atom stereocenters. The second-order valence-corrected chi connectivity index (χ2v) is 7.01. The summed E-state index contributed by atoms with van der Waals surface area (Å²) in [7, 11) is 0. The van der Waals surface area contributed by atoms with Gasteiger partial charge in [0.2, 0.25) is 0 Å². The molecule has 4 heteroatoms. The monoisotopic (exact) mass is 276 g/mol. The van der Waals surface area contributed by atoms with Gasteiger partial charge in [0.05, 0.1) is 10.7 Å². The minimum Gasteiger partial charge on any atom is -0.325 e. The van der Waals surface area contributed by atoms with Gasteiger partial charge in [-0.05, 0) is 31.4 Å². The summed E-state index contributed by atoms with van der Waals surface area (Å²) in [4.78, 5) is 4.79. The second-order valence-electron chi connectivity index (χ2n) is 5.72. The molecule has 0 atom stereocenters. The van der Waals surface area contributed by atoms with Crippen molar-refractivity contribution >= 4 is 22.9 Å². The first kappa shape index (κ1) is 11.0. The molecule has 2 N–H and O–H groups in total. The van der Waals surface area contributed by atoms with Crippen molar-refractivity contribution in [3.63, 3.8) is 0 Å². The van der Waals surface area contributed by atoms with Crippen LogP contribution in [0.4, 0.5) is 0 Å². The number of halogens is 1. The van der Waals surface area contributed by atoms with Crippen LogP contribution in [0.15, 0.2) is 29.6 Å². The minimum absolute atomic E-state index is 0.145. The normalized spacial score (nSPS) is 32.8. The smallest absolute Gasteiger partial charge is 0.0996 e. The lowest BCUT2D eigenvalue weighted by Crippen LogP contribution is -2.74. The van der Waals surface area contributed by atoms with E-state index >= 15 is 0 Å². The molecule has 3 aliphatic carbocycles. The summed E-state index contributed by atoms with van der Waals surface area (Å²) in [6.07, 6.45) is 3.36. The summed E-state index contributed by atoms with van der Waals surface area (Å²) in [6, 6.07) is 7.86. The van der Waals surface area contributed by atoms with Crippen molar-refractivity contribution in [1.82, 2.24) is 4.98 Å². The maximum Gasteiger partial charge on any atom is 0.0996 e. The van der Waals surface area contributed by atoms with Gasteiger partial charge in [-0.2, -0.15) is 0 Å². The fourth-order valence-electron chi connectivity index (χ4n) is 3.36. The van der Waals surface area contributed by atoms with Gasteiger partial charge in [-0.15, -0.1) is 11.3 Å². The molecule has 92 valence electrons. The van der Waals surface area contributed by atoms with Crippen LogP contribution in [-0.4, -0.2) is 10.5 Å². The van der Waals surface area contributed by atoms with Gasteiger partial charge in [0.1, 0.15) is 0 Å². The number of nitrogens with two attached hydrogens (primary N) is 1. The Labute approximate surface area is 115 Å². The van der Waals surface area contributed by atoms with Crippen LogP contribution >= 0.6 is 22.9 Å². The van der Waals surface area contributed by atoms with Crippen molar-refractivity contribution in [3.05, 3.63) is 39.7 Å². The average Bonchev–Trinajstić information content (AvgIpc) is 2.74. The average molecular weight is 277 g/mol. The quantitative estimate of drug-likeness (QED) is 0.910. The molecule has 3 saturated carbocycles. The molecule has 2 bridgehead atoms. The van der Waals surface area contributed by atoms with Gasteiger partial charge in [0, 0.05) is 26.9 Å². The van der Waals surface area contributed by atoms with Crippen LogP contribution in [0.1, 0.15) is 24.3 Å². The molecule has 2 nitrogen and oxygen atoms in total. The molecule has 5 rings (SSSR count). The Balaban J connectivity index is 1.65. The first-order valence-corrected chi connectivity index (χ1v) is 7.35. The van der Waals surface area contributed by atoms with Crippen LogP contribution < -0.4 is 5.73 Å². The van der Waals surface area contributed by atoms with Gasteiger partial charge in [-0.3, -0.25) is 0 Å². The molecular weight excluding hydrogens is 264 g/mol. The van der Waals surface area contributed by atoms with E-state index in [1.807, 2.05) is 24.3 Å². The van der Waals surface area contributed by atoms with Crippen LogP contribution in [-0.2, 0) is 5.41 Å². The van der Waals surface area contributed by atoms with Crippen LogP contribution in [0.25, 0.3) is 11.3 Å². The first-order valence-electron chi connectivity index (χ1n) is 6.10. The van der Waals surface area contributed by atoms with Crippen molar-refractivity contribution in [2.75, 3.05) is 0 Å². The van der Waals surface area contributed by atoms with E-state index in [0.717, 1.165) is 35.5 Å². The van der Waals surface area contributed by atoms with Gasteiger partial charge >= 0.3 is 0 Å². The Hall–Kier alpha value is -0.900. The van der Waals surface area contributed by atoms with Gasteiger partial charge in [0.15, 0.2) is 0 Å². The van der Waals surface area contributed by atoms with Crippen LogP contribution in [0.2, 0.25) is 5.02 Å². The Morgan fingerprint density at radius 1 is 1.17 bits per heavy atom. The van der Waals surface area contributed by atoms with E-state index < -0.39 is 0 Å². The largest absolute Gasteiger partial charge is 0.325 e. The summed E-state index contributed by atoms with van der Waals surface area (Å²) >= 11 is 7.67. The highest BCUT2D eigenvalue weighted by Crippen LogP contribution is 2.66. The van der Waals surface area contributed by atoms with Gasteiger partial charge in [-0.25, -0.2) is 4.98 Å². The molecule has 18 heavy (non-hydrogen) atoms. The number of aromatic nitrogens is 1. The van der Waals surface area contributed by atoms with Crippen molar-refractivity contribution < 1.29 is 0 Å². The summed E-state index contributed by atoms with van der Waals surface area (Å²) in [5.74, 6) is 0. The maximum absolute atomic E-state index is 6.11. The molecule has 3 fully saturated rings. The SMILES string of the molecule is NC12CC(c3nc(-c4ccc(Cl)cc4)cs3)(C1)C2. The predicted molar refractivity (Wildman–Crippen MR) is 75.0 cm³/mol. The zero-order valence-corrected chi connectivity index (χ0v) is 11.4. The number of thiazole rings is 1. The van der Waals surface area contributed by atoms with E-state index in [-0.39, 0.29) is 5.54 Å². The zero-order chi connectivity index (χ0) is 12.4. The lowest BCUT2D eigenvalue weighted by Gasteiger charge is -2.68. The van der Waals surface area contributed by atoms with Crippen molar-refractivity contribution in [3.8, 4) is 11.3 Å². The highest BCUT2D eigenvalue weighted by atomic mass is 35.5. The molecule has 3 aliphatic rings. The number of hydrogen-bond donors (Lipinski definition) is 1. The Morgan fingerprint density at radius 3 is 2.44 bits per heavy atom. The number of hydrogen-bond acceptors (Lipinski definition) is 3. The summed E-state index contributed by atoms with van der Waals surface area (Å²) in [5.41, 5.74) is 8.77. The number of nitrogens with zero attached hydrogens (tertiary/aromatic N) is 1. The Morgan fingerprint density at radius 2 is 1.83 bits per heavy atom.